The van der Waals surface area contributed by atoms with Gasteiger partial charge in [0.15, 0.2) is 5.96 Å². The summed E-state index contributed by atoms with van der Waals surface area (Å²) in [7, 11) is 1.85. The van der Waals surface area contributed by atoms with Crippen LogP contribution in [0.4, 0.5) is 0 Å². The van der Waals surface area contributed by atoms with Crippen molar-refractivity contribution < 1.29 is 4.74 Å². The summed E-state index contributed by atoms with van der Waals surface area (Å²) in [6.07, 6.45) is 1.20. The zero-order valence-electron chi connectivity index (χ0n) is 14.1. The number of rotatable bonds is 3. The molecule has 7 heteroatoms. The van der Waals surface area contributed by atoms with E-state index in [0.717, 1.165) is 56.9 Å². The van der Waals surface area contributed by atoms with Gasteiger partial charge in [0.1, 0.15) is 0 Å². The second-order valence-electron chi connectivity index (χ2n) is 6.06. The Bertz CT molecular complexity index is 534. The molecule has 5 nitrogen and oxygen atoms in total. The van der Waals surface area contributed by atoms with Crippen LogP contribution >= 0.6 is 35.6 Å². The Labute approximate surface area is 166 Å². The van der Waals surface area contributed by atoms with E-state index in [2.05, 4.69) is 20.1 Å². The summed E-state index contributed by atoms with van der Waals surface area (Å²) in [4.78, 5) is 9.35. The number of morpholine rings is 1. The summed E-state index contributed by atoms with van der Waals surface area (Å²) in [5.41, 5.74) is 1.21. The van der Waals surface area contributed by atoms with Crippen LogP contribution in [-0.2, 0) is 11.3 Å². The molecule has 134 valence electrons. The molecule has 1 unspecified atom stereocenters. The molecule has 0 radical (unpaired) electrons. The third-order valence-electron chi connectivity index (χ3n) is 4.60. The molecule has 2 fully saturated rings. The highest BCUT2D eigenvalue weighted by Crippen LogP contribution is 2.17. The monoisotopic (exact) mass is 464 g/mol. The highest BCUT2D eigenvalue weighted by Gasteiger charge is 2.30. The summed E-state index contributed by atoms with van der Waals surface area (Å²) in [6.45, 7) is 6.69. The van der Waals surface area contributed by atoms with Gasteiger partial charge in [-0.15, -0.1) is 24.0 Å². The van der Waals surface area contributed by atoms with Crippen molar-refractivity contribution in [3.05, 3.63) is 34.9 Å². The number of nitrogens with zero attached hydrogens (tertiary/aromatic N) is 3. The van der Waals surface area contributed by atoms with Crippen LogP contribution in [0.2, 0.25) is 5.02 Å². The van der Waals surface area contributed by atoms with Gasteiger partial charge in [-0.25, -0.2) is 0 Å². The van der Waals surface area contributed by atoms with Gasteiger partial charge in [0.25, 0.3) is 0 Å². The molecule has 24 heavy (non-hydrogen) atoms. The van der Waals surface area contributed by atoms with Crippen molar-refractivity contribution in [3.8, 4) is 0 Å². The fourth-order valence-corrected chi connectivity index (χ4v) is 3.42. The summed E-state index contributed by atoms with van der Waals surface area (Å²) >= 11 is 5.93. The standard InChI is InChI=1S/C17H25ClN4O.HI/c1-19-17(20-12-14-2-4-15(18)5-3-14)22-7-6-16(13-22)21-8-10-23-11-9-21;/h2-5,16H,6-13H2,1H3,(H,19,20);1H. The maximum absolute atomic E-state index is 5.93. The van der Waals surface area contributed by atoms with E-state index in [4.69, 9.17) is 16.3 Å². The van der Waals surface area contributed by atoms with Crippen LogP contribution in [0, 0.1) is 0 Å². The molecule has 2 saturated heterocycles. The van der Waals surface area contributed by atoms with E-state index < -0.39 is 0 Å². The van der Waals surface area contributed by atoms with E-state index in [1.165, 1.54) is 12.0 Å². The normalized spacial score (nSPS) is 22.3. The second kappa shape index (κ2) is 9.79. The SMILES string of the molecule is CN=C(NCc1ccc(Cl)cc1)N1CCC(N2CCOCC2)C1.I. The fourth-order valence-electron chi connectivity index (χ4n) is 3.29. The van der Waals surface area contributed by atoms with Crippen LogP contribution in [-0.4, -0.2) is 68.2 Å². The Morgan fingerprint density at radius 3 is 2.62 bits per heavy atom. The average molecular weight is 465 g/mol. The van der Waals surface area contributed by atoms with Crippen LogP contribution < -0.4 is 5.32 Å². The Hall–Kier alpha value is -0.570. The van der Waals surface area contributed by atoms with Gasteiger partial charge < -0.3 is 15.0 Å². The number of aliphatic imine (C=N–C) groups is 1. The zero-order valence-corrected chi connectivity index (χ0v) is 17.2. The van der Waals surface area contributed by atoms with Crippen molar-refractivity contribution in [3.63, 3.8) is 0 Å². The minimum atomic E-state index is 0. The third kappa shape index (κ3) is 5.21. The predicted octanol–water partition coefficient (Wildman–Crippen LogP) is 2.44. The van der Waals surface area contributed by atoms with Gasteiger partial charge in [0.05, 0.1) is 13.2 Å². The molecule has 2 aliphatic heterocycles. The third-order valence-corrected chi connectivity index (χ3v) is 4.85. The number of ether oxygens (including phenoxy) is 1. The molecule has 0 aromatic heterocycles. The molecule has 1 N–H and O–H groups in total. The lowest BCUT2D eigenvalue weighted by atomic mass is 10.2. The highest BCUT2D eigenvalue weighted by atomic mass is 127. The average Bonchev–Trinajstić information content (AvgIpc) is 3.08. The summed E-state index contributed by atoms with van der Waals surface area (Å²) in [5.74, 6) is 0.982. The summed E-state index contributed by atoms with van der Waals surface area (Å²) in [6, 6.07) is 8.55. The van der Waals surface area contributed by atoms with E-state index >= 15 is 0 Å². The molecule has 2 aliphatic rings. The quantitative estimate of drug-likeness (QED) is 0.424. The topological polar surface area (TPSA) is 40.1 Å². The maximum atomic E-state index is 5.93. The summed E-state index contributed by atoms with van der Waals surface area (Å²) < 4.78 is 5.45. The molecule has 1 aromatic rings. The van der Waals surface area contributed by atoms with Crippen LogP contribution in [0.25, 0.3) is 0 Å². The number of guanidine groups is 1. The van der Waals surface area contributed by atoms with E-state index in [1.807, 2.05) is 31.3 Å². The number of halogens is 2. The van der Waals surface area contributed by atoms with Crippen molar-refractivity contribution in [1.82, 2.24) is 15.1 Å². The molecule has 0 amide bonds. The molecule has 2 heterocycles. The Morgan fingerprint density at radius 2 is 1.96 bits per heavy atom. The van der Waals surface area contributed by atoms with Crippen molar-refractivity contribution in [2.45, 2.75) is 19.0 Å². The molecular weight excluding hydrogens is 439 g/mol. The lowest BCUT2D eigenvalue weighted by molar-refractivity contribution is 0.0195. The van der Waals surface area contributed by atoms with Gasteiger partial charge in [-0.05, 0) is 24.1 Å². The van der Waals surface area contributed by atoms with Crippen molar-refractivity contribution in [2.24, 2.45) is 4.99 Å². The van der Waals surface area contributed by atoms with E-state index in [9.17, 15) is 0 Å². The van der Waals surface area contributed by atoms with Gasteiger partial charge in [-0.3, -0.25) is 9.89 Å². The number of benzene rings is 1. The minimum Gasteiger partial charge on any atom is -0.379 e. The van der Waals surface area contributed by atoms with Crippen molar-refractivity contribution in [1.29, 1.82) is 0 Å². The maximum Gasteiger partial charge on any atom is 0.193 e. The Morgan fingerprint density at radius 1 is 1.25 bits per heavy atom. The first-order valence-corrected chi connectivity index (χ1v) is 8.66. The number of nitrogens with one attached hydrogen (secondary N) is 1. The van der Waals surface area contributed by atoms with E-state index in [-0.39, 0.29) is 24.0 Å². The Balaban J connectivity index is 0.00000208. The first-order chi connectivity index (χ1) is 11.3. The van der Waals surface area contributed by atoms with Crippen LogP contribution in [0.3, 0.4) is 0 Å². The minimum absolute atomic E-state index is 0. The van der Waals surface area contributed by atoms with Crippen LogP contribution in [0.15, 0.2) is 29.3 Å². The van der Waals surface area contributed by atoms with Gasteiger partial charge in [0.2, 0.25) is 0 Å². The Kier molecular flexibility index (Phi) is 8.06. The zero-order chi connectivity index (χ0) is 16.1. The van der Waals surface area contributed by atoms with Crippen LogP contribution in [0.5, 0.6) is 0 Å². The molecule has 1 atom stereocenters. The van der Waals surface area contributed by atoms with Gasteiger partial charge in [-0.2, -0.15) is 0 Å². The molecule has 1 aromatic carbocycles. The van der Waals surface area contributed by atoms with Gasteiger partial charge in [-0.1, -0.05) is 23.7 Å². The van der Waals surface area contributed by atoms with E-state index in [1.54, 1.807) is 0 Å². The fraction of sp³-hybridized carbons (Fsp3) is 0.588. The molecule has 0 spiro atoms. The number of hydrogen-bond acceptors (Lipinski definition) is 3. The van der Waals surface area contributed by atoms with Crippen molar-refractivity contribution in [2.75, 3.05) is 46.4 Å². The smallest absolute Gasteiger partial charge is 0.193 e. The van der Waals surface area contributed by atoms with Crippen LogP contribution in [0.1, 0.15) is 12.0 Å². The molecule has 0 aliphatic carbocycles. The lowest BCUT2D eigenvalue weighted by Gasteiger charge is -2.32. The molecule has 3 rings (SSSR count). The van der Waals surface area contributed by atoms with E-state index in [0.29, 0.717) is 6.04 Å². The molecule has 0 saturated carbocycles. The first kappa shape index (κ1) is 19.8. The first-order valence-electron chi connectivity index (χ1n) is 8.28. The van der Waals surface area contributed by atoms with Gasteiger partial charge in [0, 0.05) is 50.8 Å². The van der Waals surface area contributed by atoms with Crippen molar-refractivity contribution >= 4 is 41.5 Å². The molecule has 0 bridgehead atoms. The number of likely N-dealkylation sites (tertiary alicyclic amines) is 1. The number of hydrogen-bond donors (Lipinski definition) is 1. The second-order valence-corrected chi connectivity index (χ2v) is 6.50. The summed E-state index contributed by atoms with van der Waals surface area (Å²) in [5, 5.41) is 4.23. The lowest BCUT2D eigenvalue weighted by Crippen LogP contribution is -2.46. The van der Waals surface area contributed by atoms with Gasteiger partial charge >= 0.3 is 0 Å². The predicted molar refractivity (Wildman–Crippen MR) is 109 cm³/mol. The largest absolute Gasteiger partial charge is 0.379 e. The molecular formula is C17H26ClIN4O. The highest BCUT2D eigenvalue weighted by molar-refractivity contribution is 14.0.